The highest BCUT2D eigenvalue weighted by Crippen LogP contribution is 2.18. The number of rotatable bonds is 7. The van der Waals surface area contributed by atoms with Crippen LogP contribution in [-0.2, 0) is 13.0 Å². The van der Waals surface area contributed by atoms with Gasteiger partial charge in [-0.1, -0.05) is 42.0 Å². The number of benzene rings is 2. The van der Waals surface area contributed by atoms with Gasteiger partial charge in [0.15, 0.2) is 0 Å². The summed E-state index contributed by atoms with van der Waals surface area (Å²) in [4.78, 5) is 4.08. The average Bonchev–Trinajstić information content (AvgIpc) is 2.63. The Morgan fingerprint density at radius 3 is 2.28 bits per heavy atom. The van der Waals surface area contributed by atoms with Gasteiger partial charge in [-0.05, 0) is 52.2 Å². The summed E-state index contributed by atoms with van der Waals surface area (Å²) in [5, 5.41) is 0. The number of nitrogens with zero attached hydrogens (tertiary/aromatic N) is 1. The van der Waals surface area contributed by atoms with Crippen molar-refractivity contribution >= 4 is 15.9 Å². The van der Waals surface area contributed by atoms with Gasteiger partial charge in [0.05, 0.1) is 12.8 Å². The summed E-state index contributed by atoms with van der Waals surface area (Å²) < 4.78 is 12.4. The Kier molecular flexibility index (Phi) is 6.07. The third-order valence-corrected chi connectivity index (χ3v) is 4.22. The lowest BCUT2D eigenvalue weighted by molar-refractivity contribution is 0.303. The number of aromatic nitrogens is 1. The molecule has 0 aliphatic heterocycles. The van der Waals surface area contributed by atoms with Crippen molar-refractivity contribution in [1.29, 1.82) is 0 Å². The van der Waals surface area contributed by atoms with Gasteiger partial charge in [0.25, 0.3) is 0 Å². The molecule has 0 fully saturated rings. The van der Waals surface area contributed by atoms with Crippen LogP contribution in [0.15, 0.2) is 71.5 Å². The van der Waals surface area contributed by atoms with Crippen LogP contribution in [0.3, 0.4) is 0 Å². The summed E-state index contributed by atoms with van der Waals surface area (Å²) in [5.41, 5.74) is 3.66. The molecule has 0 radical (unpaired) electrons. The van der Waals surface area contributed by atoms with Gasteiger partial charge in [-0.15, -0.1) is 0 Å². The number of pyridine rings is 1. The first-order valence-electron chi connectivity index (χ1n) is 8.20. The van der Waals surface area contributed by atoms with E-state index in [0.29, 0.717) is 13.2 Å². The molecule has 3 rings (SSSR count). The zero-order chi connectivity index (χ0) is 17.5. The third kappa shape index (κ3) is 5.61. The summed E-state index contributed by atoms with van der Waals surface area (Å²) in [5.74, 6) is 1.62. The Morgan fingerprint density at radius 2 is 1.56 bits per heavy atom. The van der Waals surface area contributed by atoms with Gasteiger partial charge < -0.3 is 9.47 Å². The van der Waals surface area contributed by atoms with Crippen molar-refractivity contribution in [2.24, 2.45) is 0 Å². The summed E-state index contributed by atoms with van der Waals surface area (Å²) in [6.07, 6.45) is 4.34. The number of ether oxygens (including phenoxy) is 2. The highest BCUT2D eigenvalue weighted by molar-refractivity contribution is 9.10. The SMILES string of the molecule is Cc1ccc(CCOc2ccc(COc3cncc(Br)c3)cc2)cc1. The van der Waals surface area contributed by atoms with Gasteiger partial charge in [0.2, 0.25) is 0 Å². The minimum absolute atomic E-state index is 0.502. The van der Waals surface area contributed by atoms with Gasteiger partial charge >= 0.3 is 0 Å². The van der Waals surface area contributed by atoms with Crippen molar-refractivity contribution in [3.63, 3.8) is 0 Å². The predicted octanol–water partition coefficient (Wildman–Crippen LogP) is 5.35. The maximum atomic E-state index is 5.82. The van der Waals surface area contributed by atoms with Crippen LogP contribution in [0.2, 0.25) is 0 Å². The van der Waals surface area contributed by atoms with Gasteiger partial charge in [0.1, 0.15) is 18.1 Å². The molecule has 0 aliphatic carbocycles. The van der Waals surface area contributed by atoms with E-state index in [1.54, 1.807) is 12.4 Å². The molecule has 25 heavy (non-hydrogen) atoms. The molecule has 0 unspecified atom stereocenters. The number of hydrogen-bond acceptors (Lipinski definition) is 3. The second kappa shape index (κ2) is 8.67. The van der Waals surface area contributed by atoms with E-state index in [1.165, 1.54) is 11.1 Å². The van der Waals surface area contributed by atoms with Crippen LogP contribution in [0.4, 0.5) is 0 Å². The van der Waals surface area contributed by atoms with Crippen LogP contribution in [0.5, 0.6) is 11.5 Å². The molecule has 0 saturated carbocycles. The first kappa shape index (κ1) is 17.5. The fourth-order valence-electron chi connectivity index (χ4n) is 2.36. The first-order chi connectivity index (χ1) is 12.2. The van der Waals surface area contributed by atoms with Crippen LogP contribution in [0.25, 0.3) is 0 Å². The molecule has 2 aromatic carbocycles. The fraction of sp³-hybridized carbons (Fsp3) is 0.190. The van der Waals surface area contributed by atoms with Crippen molar-refractivity contribution in [2.45, 2.75) is 20.0 Å². The number of hydrogen-bond donors (Lipinski definition) is 0. The lowest BCUT2D eigenvalue weighted by Crippen LogP contribution is -2.02. The Bertz CT molecular complexity index is 801. The van der Waals surface area contributed by atoms with E-state index in [1.807, 2.05) is 30.3 Å². The maximum Gasteiger partial charge on any atom is 0.139 e. The topological polar surface area (TPSA) is 31.4 Å². The van der Waals surface area contributed by atoms with Crippen LogP contribution in [0, 0.1) is 6.92 Å². The van der Waals surface area contributed by atoms with Crippen molar-refractivity contribution in [3.05, 3.63) is 88.2 Å². The van der Waals surface area contributed by atoms with Gasteiger partial charge in [0, 0.05) is 17.1 Å². The Morgan fingerprint density at radius 1 is 0.840 bits per heavy atom. The maximum absolute atomic E-state index is 5.82. The fourth-order valence-corrected chi connectivity index (χ4v) is 2.71. The number of aryl methyl sites for hydroxylation is 1. The Labute approximate surface area is 156 Å². The highest BCUT2D eigenvalue weighted by atomic mass is 79.9. The van der Waals surface area contributed by atoms with E-state index in [-0.39, 0.29) is 0 Å². The van der Waals surface area contributed by atoms with E-state index < -0.39 is 0 Å². The smallest absolute Gasteiger partial charge is 0.139 e. The zero-order valence-corrected chi connectivity index (χ0v) is 15.7. The molecule has 1 aromatic heterocycles. The quantitative estimate of drug-likeness (QED) is 0.538. The standard InChI is InChI=1S/C21H20BrNO2/c1-16-2-4-17(5-3-16)10-11-24-20-8-6-18(7-9-20)15-25-21-12-19(22)13-23-14-21/h2-9,12-14H,10-11,15H2,1H3. The summed E-state index contributed by atoms with van der Waals surface area (Å²) in [7, 11) is 0. The molecule has 3 nitrogen and oxygen atoms in total. The molecule has 128 valence electrons. The molecule has 0 N–H and O–H groups in total. The van der Waals surface area contributed by atoms with Crippen molar-refractivity contribution in [3.8, 4) is 11.5 Å². The first-order valence-corrected chi connectivity index (χ1v) is 8.99. The second-order valence-electron chi connectivity index (χ2n) is 5.86. The minimum Gasteiger partial charge on any atom is -0.493 e. The van der Waals surface area contributed by atoms with E-state index in [4.69, 9.17) is 9.47 Å². The van der Waals surface area contributed by atoms with Crippen molar-refractivity contribution in [1.82, 2.24) is 4.98 Å². The molecule has 4 heteroatoms. The van der Waals surface area contributed by atoms with Crippen LogP contribution >= 0.6 is 15.9 Å². The van der Waals surface area contributed by atoms with E-state index in [0.717, 1.165) is 28.0 Å². The molecule has 0 atom stereocenters. The largest absolute Gasteiger partial charge is 0.493 e. The molecule has 0 bridgehead atoms. The lowest BCUT2D eigenvalue weighted by Gasteiger charge is -2.09. The van der Waals surface area contributed by atoms with E-state index in [2.05, 4.69) is 52.1 Å². The van der Waals surface area contributed by atoms with E-state index in [9.17, 15) is 0 Å². The summed E-state index contributed by atoms with van der Waals surface area (Å²) in [6, 6.07) is 18.5. The lowest BCUT2D eigenvalue weighted by atomic mass is 10.1. The molecule has 0 amide bonds. The van der Waals surface area contributed by atoms with Crippen LogP contribution < -0.4 is 9.47 Å². The Balaban J connectivity index is 1.46. The van der Waals surface area contributed by atoms with Gasteiger partial charge in [-0.3, -0.25) is 4.98 Å². The van der Waals surface area contributed by atoms with E-state index >= 15 is 0 Å². The predicted molar refractivity (Wildman–Crippen MR) is 103 cm³/mol. The third-order valence-electron chi connectivity index (χ3n) is 3.79. The van der Waals surface area contributed by atoms with Gasteiger partial charge in [-0.2, -0.15) is 0 Å². The monoisotopic (exact) mass is 397 g/mol. The zero-order valence-electron chi connectivity index (χ0n) is 14.1. The Hall–Kier alpha value is -2.33. The van der Waals surface area contributed by atoms with Gasteiger partial charge in [-0.25, -0.2) is 0 Å². The number of halogens is 1. The summed E-state index contributed by atoms with van der Waals surface area (Å²) in [6.45, 7) is 3.27. The molecule has 0 saturated heterocycles. The van der Waals surface area contributed by atoms with Crippen LogP contribution in [0.1, 0.15) is 16.7 Å². The molecular weight excluding hydrogens is 378 g/mol. The van der Waals surface area contributed by atoms with Crippen molar-refractivity contribution in [2.75, 3.05) is 6.61 Å². The summed E-state index contributed by atoms with van der Waals surface area (Å²) >= 11 is 3.38. The molecule has 3 aromatic rings. The van der Waals surface area contributed by atoms with Crippen LogP contribution in [-0.4, -0.2) is 11.6 Å². The second-order valence-corrected chi connectivity index (χ2v) is 6.77. The minimum atomic E-state index is 0.502. The van der Waals surface area contributed by atoms with Crippen molar-refractivity contribution < 1.29 is 9.47 Å². The molecule has 0 aliphatic rings. The molecule has 1 heterocycles. The molecule has 0 spiro atoms. The normalized spacial score (nSPS) is 10.5. The highest BCUT2D eigenvalue weighted by Gasteiger charge is 2.00. The average molecular weight is 398 g/mol. The molecular formula is C21H20BrNO2.